The van der Waals surface area contributed by atoms with Crippen molar-refractivity contribution in [1.82, 2.24) is 34.7 Å². The lowest BCUT2D eigenvalue weighted by atomic mass is 10.0. The van der Waals surface area contributed by atoms with Gasteiger partial charge in [0.05, 0.1) is 23.6 Å². The van der Waals surface area contributed by atoms with Gasteiger partial charge in [0.25, 0.3) is 0 Å². The second kappa shape index (κ2) is 7.82. The Kier molecular flexibility index (Phi) is 5.68. The fourth-order valence-corrected chi connectivity index (χ4v) is 2.95. The molecular weight excluding hydrogens is 411 g/mol. The van der Waals surface area contributed by atoms with E-state index in [0.717, 1.165) is 6.20 Å². The van der Waals surface area contributed by atoms with Crippen LogP contribution in [-0.4, -0.2) is 41.3 Å². The van der Waals surface area contributed by atoms with Crippen LogP contribution >= 0.6 is 0 Å². The third kappa shape index (κ3) is 4.62. The Morgan fingerprint density at radius 3 is 2.23 bits per heavy atom. The van der Waals surface area contributed by atoms with Gasteiger partial charge >= 0.3 is 6.18 Å². The van der Waals surface area contributed by atoms with Gasteiger partial charge in [0.15, 0.2) is 0 Å². The van der Waals surface area contributed by atoms with Crippen molar-refractivity contribution in [1.29, 1.82) is 0 Å². The molecule has 31 heavy (non-hydrogen) atoms. The molecule has 0 saturated carbocycles. The number of nitrogens with one attached hydrogen (secondary N) is 2. The van der Waals surface area contributed by atoms with Crippen molar-refractivity contribution >= 4 is 17.6 Å². The Labute approximate surface area is 178 Å². The van der Waals surface area contributed by atoms with Crippen LogP contribution in [0.1, 0.15) is 52.8 Å². The van der Waals surface area contributed by atoms with E-state index in [-0.39, 0.29) is 18.3 Å². The number of nitrogens with zero attached hydrogens (tertiary/aromatic N) is 7. The molecule has 3 rings (SSSR count). The van der Waals surface area contributed by atoms with Gasteiger partial charge in [0.2, 0.25) is 5.95 Å². The molecule has 0 aliphatic rings. The Morgan fingerprint density at radius 2 is 1.68 bits per heavy atom. The topological polar surface area (TPSA) is 98.4 Å². The first-order valence-corrected chi connectivity index (χ1v) is 9.77. The largest absolute Gasteiger partial charge is 0.421 e. The van der Waals surface area contributed by atoms with Gasteiger partial charge in [0, 0.05) is 18.8 Å². The average molecular weight is 437 g/mol. The molecule has 0 fully saturated rings. The van der Waals surface area contributed by atoms with E-state index in [9.17, 15) is 13.2 Å². The van der Waals surface area contributed by atoms with Gasteiger partial charge in [-0.25, -0.2) is 9.67 Å². The highest BCUT2D eigenvalue weighted by molar-refractivity contribution is 5.55. The summed E-state index contributed by atoms with van der Waals surface area (Å²) in [5.74, 6) is 0.275. The van der Waals surface area contributed by atoms with Crippen LogP contribution in [0.25, 0.3) is 0 Å². The lowest BCUT2D eigenvalue weighted by Crippen LogP contribution is -2.32. The molecule has 0 atom stereocenters. The van der Waals surface area contributed by atoms with E-state index in [4.69, 9.17) is 5.10 Å². The molecule has 3 heterocycles. The van der Waals surface area contributed by atoms with Crippen LogP contribution in [0.4, 0.5) is 30.8 Å². The Balaban J connectivity index is 2.03. The second-order valence-electron chi connectivity index (χ2n) is 8.48. The summed E-state index contributed by atoms with van der Waals surface area (Å²) in [4.78, 5) is 9.46. The van der Waals surface area contributed by atoms with Crippen LogP contribution in [-0.2, 0) is 17.3 Å². The summed E-state index contributed by atoms with van der Waals surface area (Å²) in [5, 5.41) is 18.8. The maximum Gasteiger partial charge on any atom is 0.421 e. The number of halogens is 3. The van der Waals surface area contributed by atoms with E-state index in [1.54, 1.807) is 34.9 Å². The summed E-state index contributed by atoms with van der Waals surface area (Å²) in [5.41, 5.74) is -1.34. The van der Waals surface area contributed by atoms with Gasteiger partial charge in [-0.2, -0.15) is 38.2 Å². The smallest absolute Gasteiger partial charge is 0.370 e. The average Bonchev–Trinajstić information content (AvgIpc) is 3.31. The molecular formula is C19H26F3N9. The minimum atomic E-state index is -4.56. The first kappa shape index (κ1) is 22.5. The zero-order valence-corrected chi connectivity index (χ0v) is 18.3. The normalized spacial score (nSPS) is 12.8. The van der Waals surface area contributed by atoms with E-state index < -0.39 is 22.8 Å². The number of rotatable bonds is 6. The molecule has 0 amide bonds. The van der Waals surface area contributed by atoms with E-state index in [1.807, 2.05) is 34.6 Å². The summed E-state index contributed by atoms with van der Waals surface area (Å²) >= 11 is 0. The van der Waals surface area contributed by atoms with Crippen molar-refractivity contribution in [3.63, 3.8) is 0 Å². The van der Waals surface area contributed by atoms with Crippen LogP contribution in [0.15, 0.2) is 24.7 Å². The van der Waals surface area contributed by atoms with Crippen LogP contribution in [0.5, 0.6) is 0 Å². The third-order valence-corrected chi connectivity index (χ3v) is 4.57. The summed E-state index contributed by atoms with van der Waals surface area (Å²) < 4.78 is 41.5. The van der Waals surface area contributed by atoms with Gasteiger partial charge in [-0.3, -0.25) is 0 Å². The molecule has 0 spiro atoms. The summed E-state index contributed by atoms with van der Waals surface area (Å²) in [7, 11) is 0. The van der Waals surface area contributed by atoms with Crippen molar-refractivity contribution in [3.05, 3.63) is 35.9 Å². The molecule has 0 aliphatic heterocycles. The first-order chi connectivity index (χ1) is 14.3. The molecule has 168 valence electrons. The first-order valence-electron chi connectivity index (χ1n) is 9.77. The van der Waals surface area contributed by atoms with Crippen LogP contribution in [0.2, 0.25) is 0 Å². The maximum absolute atomic E-state index is 13.3. The molecule has 0 unspecified atom stereocenters. The minimum Gasteiger partial charge on any atom is -0.370 e. The fraction of sp³-hybridized carbons (Fsp3) is 0.526. The Bertz CT molecular complexity index is 1030. The van der Waals surface area contributed by atoms with Crippen LogP contribution in [0.3, 0.4) is 0 Å². The molecule has 2 N–H and O–H groups in total. The number of alkyl halides is 3. The molecule has 3 aromatic heterocycles. The molecule has 0 radical (unpaired) electrons. The summed E-state index contributed by atoms with van der Waals surface area (Å²) in [6.45, 7) is 11.7. The zero-order chi connectivity index (χ0) is 23.0. The zero-order valence-electron chi connectivity index (χ0n) is 18.3. The summed E-state index contributed by atoms with van der Waals surface area (Å²) in [6, 6.07) is 1.79. The predicted octanol–water partition coefficient (Wildman–Crippen LogP) is 4.00. The summed E-state index contributed by atoms with van der Waals surface area (Å²) in [6.07, 6.45) is -0.624. The van der Waals surface area contributed by atoms with Crippen LogP contribution < -0.4 is 10.6 Å². The van der Waals surface area contributed by atoms with Gasteiger partial charge in [-0.15, -0.1) is 0 Å². The number of aromatic nitrogens is 7. The van der Waals surface area contributed by atoms with Crippen LogP contribution in [0, 0.1) is 0 Å². The highest BCUT2D eigenvalue weighted by Crippen LogP contribution is 2.35. The molecule has 0 saturated heterocycles. The number of hydrogen-bond donors (Lipinski definition) is 2. The quantitative estimate of drug-likeness (QED) is 0.601. The molecule has 12 heteroatoms. The van der Waals surface area contributed by atoms with Crippen molar-refractivity contribution in [2.45, 2.75) is 58.8 Å². The van der Waals surface area contributed by atoms with Crippen molar-refractivity contribution in [2.75, 3.05) is 17.2 Å². The van der Waals surface area contributed by atoms with Gasteiger partial charge in [-0.05, 0) is 41.5 Å². The second-order valence-corrected chi connectivity index (χ2v) is 8.48. The van der Waals surface area contributed by atoms with Crippen molar-refractivity contribution in [2.24, 2.45) is 0 Å². The molecule has 3 aromatic rings. The van der Waals surface area contributed by atoms with Gasteiger partial charge in [-0.1, -0.05) is 0 Å². The monoisotopic (exact) mass is 437 g/mol. The highest BCUT2D eigenvalue weighted by atomic mass is 19.4. The van der Waals surface area contributed by atoms with E-state index in [2.05, 4.69) is 30.8 Å². The van der Waals surface area contributed by atoms with Gasteiger partial charge in [0.1, 0.15) is 22.7 Å². The van der Waals surface area contributed by atoms with E-state index in [1.165, 1.54) is 0 Å². The Morgan fingerprint density at radius 1 is 1.03 bits per heavy atom. The van der Waals surface area contributed by atoms with Gasteiger partial charge < -0.3 is 10.6 Å². The Hall–Kier alpha value is -3.18. The van der Waals surface area contributed by atoms with Crippen molar-refractivity contribution < 1.29 is 13.2 Å². The third-order valence-electron chi connectivity index (χ3n) is 4.57. The lowest BCUT2D eigenvalue weighted by molar-refractivity contribution is -0.137. The fourth-order valence-electron chi connectivity index (χ4n) is 2.95. The molecule has 0 aromatic carbocycles. The maximum atomic E-state index is 13.3. The lowest BCUT2D eigenvalue weighted by Gasteiger charge is -2.24. The SMILES string of the molecule is CCNc1nc(Nc2cc(C(C)(C)n3nccn3)nn2C(C)(C)C)ncc1C(F)(F)F. The molecule has 9 nitrogen and oxygen atoms in total. The van der Waals surface area contributed by atoms with Crippen molar-refractivity contribution in [3.8, 4) is 0 Å². The standard InChI is InChI=1S/C19H26F3N9/c1-7-23-15-12(19(20,21)22)11-24-16(28-15)27-14-10-13(29-30(14)17(2,3)4)18(5,6)31-25-8-9-26-31/h8-11H,7H2,1-6H3,(H2,23,24,27,28). The molecule has 0 bridgehead atoms. The number of hydrogen-bond acceptors (Lipinski definition) is 7. The predicted molar refractivity (Wildman–Crippen MR) is 110 cm³/mol. The molecule has 0 aliphatic carbocycles. The number of anilines is 3. The van der Waals surface area contributed by atoms with E-state index >= 15 is 0 Å². The van der Waals surface area contributed by atoms with E-state index in [0.29, 0.717) is 11.5 Å². The minimum absolute atomic E-state index is 0.0240. The highest BCUT2D eigenvalue weighted by Gasteiger charge is 2.35.